The highest BCUT2D eigenvalue weighted by molar-refractivity contribution is 6.04. The van der Waals surface area contributed by atoms with E-state index in [1.54, 1.807) is 0 Å². The van der Waals surface area contributed by atoms with Crippen LogP contribution >= 0.6 is 0 Å². The van der Waals surface area contributed by atoms with Gasteiger partial charge < -0.3 is 20.5 Å². The molecular weight excluding hydrogens is 340 g/mol. The lowest BCUT2D eigenvalue weighted by atomic mass is 10.1. The minimum Gasteiger partial charge on any atom is -0.361 e. The predicted molar refractivity (Wildman–Crippen MR) is 105 cm³/mol. The first-order valence-electron chi connectivity index (χ1n) is 9.20. The SMILES string of the molecule is O=C(Cc1c[nH]c2ccccc12)NC1CC2C(=O)Nc3ccccc3N2C1. The lowest BCUT2D eigenvalue weighted by molar-refractivity contribution is -0.121. The Kier molecular flexibility index (Phi) is 3.63. The van der Waals surface area contributed by atoms with Crippen LogP contribution in [0.5, 0.6) is 0 Å². The third-order valence-electron chi connectivity index (χ3n) is 5.47. The van der Waals surface area contributed by atoms with Gasteiger partial charge in [-0.15, -0.1) is 0 Å². The molecule has 0 spiro atoms. The fourth-order valence-corrected chi connectivity index (χ4v) is 4.23. The smallest absolute Gasteiger partial charge is 0.247 e. The molecule has 0 aliphatic carbocycles. The van der Waals surface area contributed by atoms with Crippen LogP contribution < -0.4 is 15.5 Å². The van der Waals surface area contributed by atoms with Gasteiger partial charge in [0.05, 0.1) is 17.8 Å². The second kappa shape index (κ2) is 6.16. The first-order chi connectivity index (χ1) is 13.2. The molecule has 2 aromatic carbocycles. The van der Waals surface area contributed by atoms with Crippen molar-refractivity contribution in [1.29, 1.82) is 0 Å². The van der Waals surface area contributed by atoms with Crippen molar-refractivity contribution >= 4 is 34.1 Å². The number of hydrogen-bond acceptors (Lipinski definition) is 3. The van der Waals surface area contributed by atoms with Crippen molar-refractivity contribution in [3.05, 3.63) is 60.3 Å². The van der Waals surface area contributed by atoms with Gasteiger partial charge in [-0.3, -0.25) is 9.59 Å². The maximum atomic E-state index is 12.6. The van der Waals surface area contributed by atoms with Crippen LogP contribution in [0.1, 0.15) is 12.0 Å². The van der Waals surface area contributed by atoms with Crippen molar-refractivity contribution in [3.8, 4) is 0 Å². The van der Waals surface area contributed by atoms with E-state index in [1.807, 2.05) is 54.7 Å². The third-order valence-corrected chi connectivity index (χ3v) is 5.47. The van der Waals surface area contributed by atoms with Crippen LogP contribution in [0, 0.1) is 0 Å². The van der Waals surface area contributed by atoms with Crippen LogP contribution in [0.25, 0.3) is 10.9 Å². The summed E-state index contributed by atoms with van der Waals surface area (Å²) in [5, 5.41) is 7.15. The number of hydrogen-bond donors (Lipinski definition) is 3. The number of nitrogens with zero attached hydrogens (tertiary/aromatic N) is 1. The highest BCUT2D eigenvalue weighted by atomic mass is 16.2. The lowest BCUT2D eigenvalue weighted by Gasteiger charge is -2.32. The minimum absolute atomic E-state index is 0.00192. The standard InChI is InChI=1S/C21H20N4O2/c26-20(9-13-11-22-16-6-2-1-5-15(13)16)23-14-10-19-21(27)24-17-7-3-4-8-18(17)25(19)12-14/h1-8,11,14,19,22H,9-10,12H2,(H,23,26)(H,24,27). The number of amides is 2. The average Bonchev–Trinajstić information content (AvgIpc) is 3.27. The molecule has 5 rings (SSSR count). The number of rotatable bonds is 3. The summed E-state index contributed by atoms with van der Waals surface area (Å²) in [4.78, 5) is 30.3. The van der Waals surface area contributed by atoms with Crippen molar-refractivity contribution in [3.63, 3.8) is 0 Å². The molecule has 3 N–H and O–H groups in total. The number of para-hydroxylation sites is 3. The van der Waals surface area contributed by atoms with Crippen molar-refractivity contribution in [2.75, 3.05) is 16.8 Å². The molecule has 2 atom stereocenters. The summed E-state index contributed by atoms with van der Waals surface area (Å²) in [6, 6.07) is 15.5. The Bertz CT molecular complexity index is 1040. The number of aromatic amines is 1. The monoisotopic (exact) mass is 360 g/mol. The Balaban J connectivity index is 1.30. The van der Waals surface area contributed by atoms with E-state index in [9.17, 15) is 9.59 Å². The van der Waals surface area contributed by atoms with E-state index in [4.69, 9.17) is 0 Å². The Morgan fingerprint density at radius 3 is 2.89 bits per heavy atom. The Morgan fingerprint density at radius 1 is 1.15 bits per heavy atom. The van der Waals surface area contributed by atoms with Gasteiger partial charge in [0.1, 0.15) is 6.04 Å². The Hall–Kier alpha value is -3.28. The van der Waals surface area contributed by atoms with Gasteiger partial charge in [-0.1, -0.05) is 30.3 Å². The summed E-state index contributed by atoms with van der Waals surface area (Å²) in [6.45, 7) is 0.648. The number of benzene rings is 2. The van der Waals surface area contributed by atoms with Gasteiger partial charge in [0.2, 0.25) is 11.8 Å². The summed E-state index contributed by atoms with van der Waals surface area (Å²) >= 11 is 0. The van der Waals surface area contributed by atoms with Crippen LogP contribution in [-0.4, -0.2) is 35.4 Å². The topological polar surface area (TPSA) is 77.2 Å². The average molecular weight is 360 g/mol. The first kappa shape index (κ1) is 15.9. The molecular formula is C21H20N4O2. The van der Waals surface area contributed by atoms with E-state index in [-0.39, 0.29) is 23.9 Å². The lowest BCUT2D eigenvalue weighted by Crippen LogP contribution is -2.44. The highest BCUT2D eigenvalue weighted by Crippen LogP contribution is 2.36. The molecule has 0 bridgehead atoms. The highest BCUT2D eigenvalue weighted by Gasteiger charge is 2.41. The van der Waals surface area contributed by atoms with Gasteiger partial charge in [0.25, 0.3) is 0 Å². The Morgan fingerprint density at radius 2 is 1.96 bits per heavy atom. The van der Waals surface area contributed by atoms with Gasteiger partial charge in [0, 0.05) is 29.7 Å². The zero-order chi connectivity index (χ0) is 18.4. The molecule has 6 heteroatoms. The van der Waals surface area contributed by atoms with Crippen molar-refractivity contribution < 1.29 is 9.59 Å². The van der Waals surface area contributed by atoms with E-state index in [0.29, 0.717) is 19.4 Å². The van der Waals surface area contributed by atoms with Crippen LogP contribution in [0.15, 0.2) is 54.7 Å². The summed E-state index contributed by atoms with van der Waals surface area (Å²) in [5.74, 6) is -0.0135. The van der Waals surface area contributed by atoms with E-state index in [1.165, 1.54) is 0 Å². The molecule has 0 saturated carbocycles. The number of nitrogens with one attached hydrogen (secondary N) is 3. The van der Waals surface area contributed by atoms with Crippen LogP contribution in [0.4, 0.5) is 11.4 Å². The number of H-pyrrole nitrogens is 1. The fourth-order valence-electron chi connectivity index (χ4n) is 4.23. The van der Waals surface area contributed by atoms with Gasteiger partial charge >= 0.3 is 0 Å². The van der Waals surface area contributed by atoms with E-state index < -0.39 is 0 Å². The molecule has 136 valence electrons. The normalized spacial score (nSPS) is 20.9. The number of carbonyl (C=O) groups excluding carboxylic acids is 2. The molecule has 3 aromatic rings. The van der Waals surface area contributed by atoms with Crippen molar-refractivity contribution in [1.82, 2.24) is 10.3 Å². The van der Waals surface area contributed by atoms with Gasteiger partial charge in [-0.05, 0) is 30.2 Å². The largest absolute Gasteiger partial charge is 0.361 e. The summed E-state index contributed by atoms with van der Waals surface area (Å²) in [6.07, 6.45) is 2.85. The number of fused-ring (bicyclic) bond motifs is 4. The van der Waals surface area contributed by atoms with Crippen LogP contribution in [-0.2, 0) is 16.0 Å². The second-order valence-electron chi connectivity index (χ2n) is 7.21. The quantitative estimate of drug-likeness (QED) is 0.671. The minimum atomic E-state index is -0.224. The summed E-state index contributed by atoms with van der Waals surface area (Å²) in [5.41, 5.74) is 3.88. The van der Waals surface area contributed by atoms with Gasteiger partial charge in [-0.25, -0.2) is 0 Å². The molecule has 2 amide bonds. The van der Waals surface area contributed by atoms with Crippen LogP contribution in [0.3, 0.4) is 0 Å². The number of anilines is 2. The molecule has 2 aliphatic heterocycles. The predicted octanol–water partition coefficient (Wildman–Crippen LogP) is 2.43. The molecule has 1 fully saturated rings. The molecule has 2 aliphatic rings. The number of carbonyl (C=O) groups is 2. The summed E-state index contributed by atoms with van der Waals surface area (Å²) in [7, 11) is 0. The molecule has 1 saturated heterocycles. The van der Waals surface area contributed by atoms with Gasteiger partial charge in [-0.2, -0.15) is 0 Å². The zero-order valence-corrected chi connectivity index (χ0v) is 14.7. The van der Waals surface area contributed by atoms with Crippen molar-refractivity contribution in [2.24, 2.45) is 0 Å². The van der Waals surface area contributed by atoms with E-state index >= 15 is 0 Å². The second-order valence-corrected chi connectivity index (χ2v) is 7.21. The molecule has 0 radical (unpaired) electrons. The van der Waals surface area contributed by atoms with Gasteiger partial charge in [0.15, 0.2) is 0 Å². The zero-order valence-electron chi connectivity index (χ0n) is 14.7. The van der Waals surface area contributed by atoms with E-state index in [2.05, 4.69) is 20.5 Å². The molecule has 3 heterocycles. The number of aromatic nitrogens is 1. The molecule has 27 heavy (non-hydrogen) atoms. The van der Waals surface area contributed by atoms with Crippen LogP contribution in [0.2, 0.25) is 0 Å². The van der Waals surface area contributed by atoms with Crippen molar-refractivity contribution in [2.45, 2.75) is 24.9 Å². The maximum Gasteiger partial charge on any atom is 0.247 e. The third kappa shape index (κ3) is 2.73. The molecule has 2 unspecified atom stereocenters. The summed E-state index contributed by atoms with van der Waals surface area (Å²) < 4.78 is 0. The molecule has 1 aromatic heterocycles. The molecule has 6 nitrogen and oxygen atoms in total. The first-order valence-corrected chi connectivity index (χ1v) is 9.20. The maximum absolute atomic E-state index is 12.6. The fraction of sp³-hybridized carbons (Fsp3) is 0.238. The Labute approximate surface area is 156 Å². The van der Waals surface area contributed by atoms with E-state index in [0.717, 1.165) is 27.8 Å².